The van der Waals surface area contributed by atoms with Crippen LogP contribution in [0.15, 0.2) is 103 Å². The molecule has 0 aliphatic carbocycles. The molecular weight excluding hydrogens is 530 g/mol. The average Bonchev–Trinajstić information content (AvgIpc) is 3.00. The third kappa shape index (κ3) is 8.52. The van der Waals surface area contributed by atoms with Crippen molar-refractivity contribution in [2.24, 2.45) is 5.73 Å². The van der Waals surface area contributed by atoms with Crippen LogP contribution in [0.1, 0.15) is 44.3 Å². The average molecular weight is 566 g/mol. The Morgan fingerprint density at radius 2 is 1.43 bits per heavy atom. The Balaban J connectivity index is 1.52. The van der Waals surface area contributed by atoms with E-state index in [0.29, 0.717) is 42.1 Å². The molecule has 0 radical (unpaired) electrons. The van der Waals surface area contributed by atoms with Crippen LogP contribution < -0.4 is 15.8 Å². The predicted octanol–water partition coefficient (Wildman–Crippen LogP) is 5.86. The van der Waals surface area contributed by atoms with Crippen LogP contribution in [0.4, 0.5) is 10.5 Å². The molecule has 2 amide bonds. The van der Waals surface area contributed by atoms with Crippen molar-refractivity contribution in [2.75, 3.05) is 19.0 Å². The molecule has 1 unspecified atom stereocenters. The van der Waals surface area contributed by atoms with Crippen molar-refractivity contribution in [2.45, 2.75) is 32.5 Å². The predicted molar refractivity (Wildman–Crippen MR) is 163 cm³/mol. The SMILES string of the molecule is COC(=O)c1ccc(CC(C)N(CC(=O)c2ccc(OCc3ccccc3)c(NC(N)=O)c2)Cc2ccccc2)cc1. The first kappa shape index (κ1) is 30.0. The van der Waals surface area contributed by atoms with Crippen molar-refractivity contribution in [3.8, 4) is 5.75 Å². The van der Waals surface area contributed by atoms with Gasteiger partial charge in [-0.2, -0.15) is 0 Å². The van der Waals surface area contributed by atoms with Gasteiger partial charge in [-0.25, -0.2) is 9.59 Å². The Morgan fingerprint density at radius 1 is 0.810 bits per heavy atom. The zero-order chi connectivity index (χ0) is 29.9. The maximum atomic E-state index is 13.6. The van der Waals surface area contributed by atoms with E-state index in [1.807, 2.05) is 72.8 Å². The second-order valence-electron chi connectivity index (χ2n) is 10.0. The number of amides is 2. The minimum absolute atomic E-state index is 0.00479. The van der Waals surface area contributed by atoms with E-state index in [-0.39, 0.29) is 24.3 Å². The summed E-state index contributed by atoms with van der Waals surface area (Å²) in [5.41, 5.74) is 9.75. The van der Waals surface area contributed by atoms with Gasteiger partial charge in [0.1, 0.15) is 12.4 Å². The lowest BCUT2D eigenvalue weighted by molar-refractivity contribution is 0.0600. The number of rotatable bonds is 13. The van der Waals surface area contributed by atoms with Crippen LogP contribution in [0, 0.1) is 0 Å². The first-order valence-electron chi connectivity index (χ1n) is 13.7. The van der Waals surface area contributed by atoms with Crippen molar-refractivity contribution in [1.82, 2.24) is 4.90 Å². The van der Waals surface area contributed by atoms with Gasteiger partial charge in [0.05, 0.1) is 24.9 Å². The summed E-state index contributed by atoms with van der Waals surface area (Å²) in [6.45, 7) is 3.09. The molecule has 0 bridgehead atoms. The highest BCUT2D eigenvalue weighted by atomic mass is 16.5. The van der Waals surface area contributed by atoms with Crippen LogP contribution in [-0.2, 0) is 24.3 Å². The number of nitrogens with zero attached hydrogens (tertiary/aromatic N) is 1. The number of nitrogens with two attached hydrogens (primary N) is 1. The molecule has 0 aromatic heterocycles. The number of hydrogen-bond donors (Lipinski definition) is 2. The summed E-state index contributed by atoms with van der Waals surface area (Å²) in [5, 5.41) is 2.59. The number of carbonyl (C=O) groups is 3. The molecule has 0 saturated carbocycles. The second kappa shape index (κ2) is 14.6. The summed E-state index contributed by atoms with van der Waals surface area (Å²) < 4.78 is 10.7. The summed E-state index contributed by atoms with van der Waals surface area (Å²) in [5.74, 6) is -0.0763. The summed E-state index contributed by atoms with van der Waals surface area (Å²) in [6.07, 6.45) is 0.669. The molecule has 0 aliphatic heterocycles. The minimum atomic E-state index is -0.748. The second-order valence-corrected chi connectivity index (χ2v) is 10.0. The van der Waals surface area contributed by atoms with Crippen molar-refractivity contribution < 1.29 is 23.9 Å². The highest BCUT2D eigenvalue weighted by molar-refractivity contribution is 6.00. The van der Waals surface area contributed by atoms with Crippen molar-refractivity contribution >= 4 is 23.5 Å². The first-order chi connectivity index (χ1) is 20.3. The number of nitrogens with one attached hydrogen (secondary N) is 1. The molecule has 216 valence electrons. The number of Topliss-reactive ketones (excluding diaryl/α,β-unsaturated/α-hetero) is 1. The molecule has 0 saturated heterocycles. The molecule has 0 fully saturated rings. The summed E-state index contributed by atoms with van der Waals surface area (Å²) in [7, 11) is 1.36. The smallest absolute Gasteiger partial charge is 0.337 e. The standard InChI is InChI=1S/C34H35N3O5/c1-24(19-25-13-15-28(16-14-25)33(39)41-2)37(21-26-9-5-3-6-10-26)22-31(38)29-17-18-32(30(20-29)36-34(35)40)42-23-27-11-7-4-8-12-27/h3-18,20,24H,19,21-23H2,1-2H3,(H3,35,36,40). The van der Waals surface area contributed by atoms with Gasteiger partial charge in [-0.1, -0.05) is 72.8 Å². The maximum Gasteiger partial charge on any atom is 0.337 e. The summed E-state index contributed by atoms with van der Waals surface area (Å²) in [6, 6.07) is 31.1. The van der Waals surface area contributed by atoms with Gasteiger partial charge >= 0.3 is 12.0 Å². The molecule has 1 atom stereocenters. The van der Waals surface area contributed by atoms with Gasteiger partial charge in [0, 0.05) is 18.2 Å². The Labute approximate surface area is 246 Å². The number of ketones is 1. The van der Waals surface area contributed by atoms with Gasteiger partial charge in [0.25, 0.3) is 0 Å². The van der Waals surface area contributed by atoms with E-state index in [9.17, 15) is 14.4 Å². The number of benzene rings is 4. The van der Waals surface area contributed by atoms with Gasteiger partial charge in [0.15, 0.2) is 5.78 Å². The number of ether oxygens (including phenoxy) is 2. The molecule has 3 N–H and O–H groups in total. The molecule has 4 aromatic rings. The van der Waals surface area contributed by atoms with E-state index in [1.165, 1.54) is 7.11 Å². The quantitative estimate of drug-likeness (QED) is 0.155. The zero-order valence-corrected chi connectivity index (χ0v) is 23.8. The van der Waals surface area contributed by atoms with Crippen LogP contribution in [0.2, 0.25) is 0 Å². The number of methoxy groups -OCH3 is 1. The Kier molecular flexibility index (Phi) is 10.4. The third-order valence-electron chi connectivity index (χ3n) is 6.90. The Bertz CT molecular complexity index is 1490. The number of esters is 1. The van der Waals surface area contributed by atoms with Crippen LogP contribution >= 0.6 is 0 Å². The number of carbonyl (C=O) groups excluding carboxylic acids is 3. The van der Waals surface area contributed by atoms with E-state index in [1.54, 1.807) is 30.3 Å². The molecule has 4 rings (SSSR count). The maximum absolute atomic E-state index is 13.6. The number of urea groups is 1. The molecule has 42 heavy (non-hydrogen) atoms. The summed E-state index contributed by atoms with van der Waals surface area (Å²) >= 11 is 0. The van der Waals surface area contributed by atoms with E-state index in [0.717, 1.165) is 16.7 Å². The largest absolute Gasteiger partial charge is 0.487 e. The van der Waals surface area contributed by atoms with Gasteiger partial charge in [-0.05, 0) is 60.4 Å². The molecule has 4 aromatic carbocycles. The monoisotopic (exact) mass is 565 g/mol. The lowest BCUT2D eigenvalue weighted by atomic mass is 10.0. The molecule has 8 heteroatoms. The minimum Gasteiger partial charge on any atom is -0.487 e. The van der Waals surface area contributed by atoms with Crippen molar-refractivity contribution in [1.29, 1.82) is 0 Å². The van der Waals surface area contributed by atoms with Crippen molar-refractivity contribution in [3.63, 3.8) is 0 Å². The normalized spacial score (nSPS) is 11.5. The van der Waals surface area contributed by atoms with Crippen LogP contribution in [0.25, 0.3) is 0 Å². The lowest BCUT2D eigenvalue weighted by Gasteiger charge is -2.29. The molecule has 0 spiro atoms. The van der Waals surface area contributed by atoms with E-state index in [2.05, 4.69) is 17.1 Å². The Hall–Kier alpha value is -4.95. The van der Waals surface area contributed by atoms with Gasteiger partial charge in [0.2, 0.25) is 0 Å². The Morgan fingerprint density at radius 3 is 2.05 bits per heavy atom. The highest BCUT2D eigenvalue weighted by Crippen LogP contribution is 2.27. The fourth-order valence-electron chi connectivity index (χ4n) is 4.62. The fraction of sp³-hybridized carbons (Fsp3) is 0.206. The molecule has 0 heterocycles. The topological polar surface area (TPSA) is 111 Å². The van der Waals surface area contributed by atoms with Gasteiger partial charge in [-0.3, -0.25) is 9.69 Å². The van der Waals surface area contributed by atoms with Gasteiger partial charge < -0.3 is 20.5 Å². The fourth-order valence-corrected chi connectivity index (χ4v) is 4.62. The van der Waals surface area contributed by atoms with Crippen molar-refractivity contribution in [3.05, 3.63) is 131 Å². The molecular formula is C34H35N3O5. The van der Waals surface area contributed by atoms with Crippen LogP contribution in [0.3, 0.4) is 0 Å². The number of anilines is 1. The highest BCUT2D eigenvalue weighted by Gasteiger charge is 2.21. The third-order valence-corrected chi connectivity index (χ3v) is 6.90. The summed E-state index contributed by atoms with van der Waals surface area (Å²) in [4.78, 5) is 39.3. The van der Waals surface area contributed by atoms with Crippen LogP contribution in [0.5, 0.6) is 5.75 Å². The van der Waals surface area contributed by atoms with Crippen LogP contribution in [-0.4, -0.2) is 42.4 Å². The number of primary amides is 1. The van der Waals surface area contributed by atoms with Gasteiger partial charge in [-0.15, -0.1) is 0 Å². The first-order valence-corrected chi connectivity index (χ1v) is 13.7. The van der Waals surface area contributed by atoms with E-state index in [4.69, 9.17) is 15.2 Å². The molecule has 0 aliphatic rings. The molecule has 8 nitrogen and oxygen atoms in total. The number of hydrogen-bond acceptors (Lipinski definition) is 6. The van der Waals surface area contributed by atoms with E-state index < -0.39 is 6.03 Å². The lowest BCUT2D eigenvalue weighted by Crippen LogP contribution is -2.38. The zero-order valence-electron chi connectivity index (χ0n) is 23.8. The van der Waals surface area contributed by atoms with E-state index >= 15 is 0 Å².